The molecule has 0 aliphatic heterocycles. The second kappa shape index (κ2) is 7.24. The second-order valence-electron chi connectivity index (χ2n) is 6.91. The van der Waals surface area contributed by atoms with Gasteiger partial charge in [-0.15, -0.1) is 0 Å². The molecule has 1 atom stereocenters. The van der Waals surface area contributed by atoms with E-state index in [0.29, 0.717) is 17.0 Å². The van der Waals surface area contributed by atoms with E-state index in [2.05, 4.69) is 30.2 Å². The fourth-order valence-electron chi connectivity index (χ4n) is 3.50. The molecule has 3 aromatic heterocycles. The van der Waals surface area contributed by atoms with E-state index in [1.807, 2.05) is 0 Å². The molecule has 0 fully saturated rings. The van der Waals surface area contributed by atoms with E-state index < -0.39 is 23.2 Å². The molecule has 0 aliphatic carbocycles. The van der Waals surface area contributed by atoms with E-state index in [1.54, 1.807) is 19.1 Å². The Labute approximate surface area is 173 Å². The Balaban J connectivity index is 1.72. The Hall–Kier alpha value is -4.21. The van der Waals surface area contributed by atoms with E-state index in [0.717, 1.165) is 0 Å². The molecular formula is C21H15F2N7O. The standard InChI is InChI=1S/C21H15F2N7O/c1-11(28-19-17-18(25-9-24-17)26-10-27-19)20-29-15-7-3-6-14(23)16(15)21(31)30(20)13-5-2-4-12(22)8-13/h2-11H,1H3,(H2,24,25,26,27,28). The van der Waals surface area contributed by atoms with Crippen molar-refractivity contribution in [1.29, 1.82) is 0 Å². The molecule has 5 rings (SSSR count). The molecule has 1 unspecified atom stereocenters. The molecule has 154 valence electrons. The van der Waals surface area contributed by atoms with Gasteiger partial charge in [0.1, 0.15) is 34.7 Å². The fourth-order valence-corrected chi connectivity index (χ4v) is 3.50. The van der Waals surface area contributed by atoms with Crippen LogP contribution in [0.15, 0.2) is 59.9 Å². The molecule has 5 aromatic rings. The van der Waals surface area contributed by atoms with Gasteiger partial charge in [-0.25, -0.2) is 28.7 Å². The summed E-state index contributed by atoms with van der Waals surface area (Å²) in [6.45, 7) is 1.77. The van der Waals surface area contributed by atoms with Gasteiger partial charge in [0.15, 0.2) is 11.5 Å². The van der Waals surface area contributed by atoms with Crippen molar-refractivity contribution in [2.45, 2.75) is 13.0 Å². The maximum absolute atomic E-state index is 14.5. The van der Waals surface area contributed by atoms with Crippen molar-refractivity contribution >= 4 is 27.9 Å². The first-order valence-corrected chi connectivity index (χ1v) is 9.40. The van der Waals surface area contributed by atoms with Gasteiger partial charge in [-0.1, -0.05) is 12.1 Å². The lowest BCUT2D eigenvalue weighted by Crippen LogP contribution is -2.28. The Kier molecular flexibility index (Phi) is 4.39. The van der Waals surface area contributed by atoms with Crippen molar-refractivity contribution in [3.05, 3.63) is 82.9 Å². The number of aromatic nitrogens is 6. The largest absolute Gasteiger partial charge is 0.358 e. The van der Waals surface area contributed by atoms with Crippen molar-refractivity contribution < 1.29 is 8.78 Å². The molecule has 0 bridgehead atoms. The van der Waals surface area contributed by atoms with E-state index in [4.69, 9.17) is 0 Å². The van der Waals surface area contributed by atoms with Crippen molar-refractivity contribution in [2.75, 3.05) is 5.32 Å². The van der Waals surface area contributed by atoms with Gasteiger partial charge < -0.3 is 10.3 Å². The lowest BCUT2D eigenvalue weighted by atomic mass is 10.2. The van der Waals surface area contributed by atoms with Crippen LogP contribution in [-0.4, -0.2) is 29.5 Å². The Morgan fingerprint density at radius 3 is 2.77 bits per heavy atom. The number of halogens is 2. The average molecular weight is 419 g/mol. The number of hydrogen-bond acceptors (Lipinski definition) is 6. The maximum Gasteiger partial charge on any atom is 0.269 e. The van der Waals surface area contributed by atoms with Gasteiger partial charge in [0, 0.05) is 0 Å². The molecule has 8 nitrogen and oxygen atoms in total. The highest BCUT2D eigenvalue weighted by molar-refractivity contribution is 5.82. The summed E-state index contributed by atoms with van der Waals surface area (Å²) in [5.41, 5.74) is 0.861. The number of hydrogen-bond donors (Lipinski definition) is 2. The van der Waals surface area contributed by atoms with Crippen LogP contribution in [-0.2, 0) is 0 Å². The molecule has 3 heterocycles. The number of rotatable bonds is 4. The van der Waals surface area contributed by atoms with Crippen molar-refractivity contribution in [1.82, 2.24) is 29.5 Å². The molecule has 0 aliphatic rings. The van der Waals surface area contributed by atoms with Gasteiger partial charge in [-0.3, -0.25) is 9.36 Å². The molecule has 2 N–H and O–H groups in total. The number of nitrogens with zero attached hydrogens (tertiary/aromatic N) is 5. The smallest absolute Gasteiger partial charge is 0.269 e. The number of aromatic amines is 1. The van der Waals surface area contributed by atoms with E-state index in [-0.39, 0.29) is 22.4 Å². The minimum atomic E-state index is -0.693. The van der Waals surface area contributed by atoms with Crippen LogP contribution in [0.5, 0.6) is 0 Å². The highest BCUT2D eigenvalue weighted by Gasteiger charge is 2.21. The van der Waals surface area contributed by atoms with Crippen LogP contribution in [0.3, 0.4) is 0 Å². The van der Waals surface area contributed by atoms with E-state index in [9.17, 15) is 13.6 Å². The van der Waals surface area contributed by atoms with Gasteiger partial charge in [-0.2, -0.15) is 0 Å². The molecule has 0 saturated carbocycles. The predicted molar refractivity (Wildman–Crippen MR) is 111 cm³/mol. The lowest BCUT2D eigenvalue weighted by molar-refractivity contribution is 0.623. The molecule has 10 heteroatoms. The highest BCUT2D eigenvalue weighted by atomic mass is 19.1. The van der Waals surface area contributed by atoms with Gasteiger partial charge in [0.25, 0.3) is 5.56 Å². The molecule has 0 saturated heterocycles. The molecule has 0 radical (unpaired) electrons. The third-order valence-electron chi connectivity index (χ3n) is 4.90. The van der Waals surface area contributed by atoms with Crippen LogP contribution >= 0.6 is 0 Å². The third kappa shape index (κ3) is 3.18. The summed E-state index contributed by atoms with van der Waals surface area (Å²) in [6, 6.07) is 9.16. The predicted octanol–water partition coefficient (Wildman–Crippen LogP) is 3.50. The quantitative estimate of drug-likeness (QED) is 0.462. The minimum absolute atomic E-state index is 0.167. The first kappa shape index (κ1) is 18.8. The first-order valence-electron chi connectivity index (χ1n) is 9.40. The van der Waals surface area contributed by atoms with Gasteiger partial charge >= 0.3 is 0 Å². The van der Waals surface area contributed by atoms with Crippen LogP contribution in [0.25, 0.3) is 27.8 Å². The second-order valence-corrected chi connectivity index (χ2v) is 6.91. The molecular weight excluding hydrogens is 404 g/mol. The summed E-state index contributed by atoms with van der Waals surface area (Å²) in [4.78, 5) is 33.3. The van der Waals surface area contributed by atoms with E-state index in [1.165, 1.54) is 47.6 Å². The lowest BCUT2D eigenvalue weighted by Gasteiger charge is -2.20. The maximum atomic E-state index is 14.5. The summed E-state index contributed by atoms with van der Waals surface area (Å²) in [7, 11) is 0. The molecule has 0 amide bonds. The van der Waals surface area contributed by atoms with Crippen LogP contribution in [0.4, 0.5) is 14.6 Å². The summed E-state index contributed by atoms with van der Waals surface area (Å²) in [5.74, 6) is -0.533. The monoisotopic (exact) mass is 419 g/mol. The zero-order valence-corrected chi connectivity index (χ0v) is 16.2. The number of benzene rings is 2. The van der Waals surface area contributed by atoms with Crippen LogP contribution in [0, 0.1) is 11.6 Å². The van der Waals surface area contributed by atoms with Gasteiger partial charge in [0.05, 0.1) is 23.6 Å². The number of anilines is 1. The SMILES string of the molecule is CC(Nc1ncnc2[nH]cnc12)c1nc2cccc(F)c2c(=O)n1-c1cccc(F)c1. The molecule has 2 aromatic carbocycles. The number of H-pyrrole nitrogens is 1. The highest BCUT2D eigenvalue weighted by Crippen LogP contribution is 2.24. The number of fused-ring (bicyclic) bond motifs is 2. The zero-order chi connectivity index (χ0) is 21.5. The van der Waals surface area contributed by atoms with Crippen LogP contribution < -0.4 is 10.9 Å². The fraction of sp³-hybridized carbons (Fsp3) is 0.0952. The first-order chi connectivity index (χ1) is 15.0. The normalized spacial score (nSPS) is 12.4. The summed E-state index contributed by atoms with van der Waals surface area (Å²) in [5, 5.41) is 3.01. The van der Waals surface area contributed by atoms with Crippen LogP contribution in [0.2, 0.25) is 0 Å². The minimum Gasteiger partial charge on any atom is -0.358 e. The summed E-state index contributed by atoms with van der Waals surface area (Å²) in [6.07, 6.45) is 2.87. The van der Waals surface area contributed by atoms with Gasteiger partial charge in [-0.05, 0) is 37.3 Å². The Morgan fingerprint density at radius 2 is 1.94 bits per heavy atom. The molecule has 0 spiro atoms. The Morgan fingerprint density at radius 1 is 1.10 bits per heavy atom. The van der Waals surface area contributed by atoms with E-state index >= 15 is 0 Å². The average Bonchev–Trinajstić information content (AvgIpc) is 3.23. The van der Waals surface area contributed by atoms with Crippen molar-refractivity contribution in [3.8, 4) is 5.69 Å². The van der Waals surface area contributed by atoms with Crippen molar-refractivity contribution in [3.63, 3.8) is 0 Å². The Bertz CT molecular complexity index is 1490. The summed E-state index contributed by atoms with van der Waals surface area (Å²) >= 11 is 0. The summed E-state index contributed by atoms with van der Waals surface area (Å²) < 4.78 is 29.6. The third-order valence-corrected chi connectivity index (χ3v) is 4.90. The van der Waals surface area contributed by atoms with Crippen LogP contribution in [0.1, 0.15) is 18.8 Å². The topological polar surface area (TPSA) is 101 Å². The number of imidazole rings is 1. The zero-order valence-electron chi connectivity index (χ0n) is 16.2. The molecule has 31 heavy (non-hydrogen) atoms. The van der Waals surface area contributed by atoms with Crippen molar-refractivity contribution in [2.24, 2.45) is 0 Å². The van der Waals surface area contributed by atoms with Gasteiger partial charge in [0.2, 0.25) is 0 Å². The number of nitrogens with one attached hydrogen (secondary N) is 2.